The van der Waals surface area contributed by atoms with E-state index < -0.39 is 4.92 Å². The minimum absolute atomic E-state index is 0.0481. The highest BCUT2D eigenvalue weighted by molar-refractivity contribution is 7.80. The number of nitro groups is 1. The summed E-state index contributed by atoms with van der Waals surface area (Å²) in [6, 6.07) is 6.33. The molecule has 0 fully saturated rings. The van der Waals surface area contributed by atoms with Crippen molar-refractivity contribution < 1.29 is 9.72 Å². The molecular formula is C14H21N5O3S. The molecule has 0 saturated carbocycles. The number of hydrogen-bond acceptors (Lipinski definition) is 5. The number of rotatable bonds is 7. The van der Waals surface area contributed by atoms with Crippen molar-refractivity contribution in [2.45, 2.75) is 32.7 Å². The number of nitrogens with one attached hydrogen (secondary N) is 4. The van der Waals surface area contributed by atoms with Crippen molar-refractivity contribution in [3.8, 4) is 0 Å². The summed E-state index contributed by atoms with van der Waals surface area (Å²) < 4.78 is 0. The molecule has 0 unspecified atom stereocenters. The molecule has 23 heavy (non-hydrogen) atoms. The van der Waals surface area contributed by atoms with E-state index in [4.69, 9.17) is 12.2 Å². The van der Waals surface area contributed by atoms with Crippen LogP contribution in [0.25, 0.3) is 0 Å². The molecule has 0 saturated heterocycles. The maximum Gasteiger partial charge on any atom is 0.269 e. The van der Waals surface area contributed by atoms with Crippen molar-refractivity contribution in [1.82, 2.24) is 16.2 Å². The van der Waals surface area contributed by atoms with Crippen LogP contribution in [0.4, 0.5) is 11.4 Å². The fourth-order valence-corrected chi connectivity index (χ4v) is 1.96. The van der Waals surface area contributed by atoms with Crippen LogP contribution in [-0.2, 0) is 4.79 Å². The summed E-state index contributed by atoms with van der Waals surface area (Å²) in [5, 5.41) is 17.0. The van der Waals surface area contributed by atoms with Gasteiger partial charge in [0.05, 0.1) is 4.92 Å². The molecule has 0 aliphatic rings. The van der Waals surface area contributed by atoms with Gasteiger partial charge in [0.15, 0.2) is 5.11 Å². The maximum atomic E-state index is 11.6. The number of carbonyl (C=O) groups is 1. The third-order valence-electron chi connectivity index (χ3n) is 2.72. The number of non-ortho nitro benzene ring substituents is 1. The molecular weight excluding hydrogens is 318 g/mol. The Labute approximate surface area is 140 Å². The van der Waals surface area contributed by atoms with Gasteiger partial charge in [-0.3, -0.25) is 25.8 Å². The molecule has 8 nitrogen and oxygen atoms in total. The fraction of sp³-hybridized carbons (Fsp3) is 0.429. The Morgan fingerprint density at radius 3 is 2.48 bits per heavy atom. The van der Waals surface area contributed by atoms with Crippen LogP contribution in [0.1, 0.15) is 26.7 Å². The fourth-order valence-electron chi connectivity index (χ4n) is 1.67. The zero-order valence-electron chi connectivity index (χ0n) is 13.1. The van der Waals surface area contributed by atoms with Gasteiger partial charge in [0.1, 0.15) is 0 Å². The van der Waals surface area contributed by atoms with Crippen LogP contribution >= 0.6 is 12.2 Å². The lowest BCUT2D eigenvalue weighted by Gasteiger charge is -2.13. The SMILES string of the molecule is CC(C)NC(=S)NNC(=O)CCCNc1ccc([N+](=O)[O-])cc1. The molecule has 0 heterocycles. The van der Waals surface area contributed by atoms with Gasteiger partial charge in [0.25, 0.3) is 5.69 Å². The van der Waals surface area contributed by atoms with Gasteiger partial charge in [0, 0.05) is 36.8 Å². The lowest BCUT2D eigenvalue weighted by molar-refractivity contribution is -0.384. The summed E-state index contributed by atoms with van der Waals surface area (Å²) in [4.78, 5) is 21.7. The number of hydrazine groups is 1. The first-order valence-electron chi connectivity index (χ1n) is 7.22. The second-order valence-electron chi connectivity index (χ2n) is 5.14. The molecule has 1 aromatic rings. The summed E-state index contributed by atoms with van der Waals surface area (Å²) >= 11 is 4.98. The Morgan fingerprint density at radius 1 is 1.26 bits per heavy atom. The van der Waals surface area contributed by atoms with Gasteiger partial charge in [0.2, 0.25) is 5.91 Å². The van der Waals surface area contributed by atoms with Gasteiger partial charge >= 0.3 is 0 Å². The second kappa shape index (κ2) is 9.57. The van der Waals surface area contributed by atoms with E-state index >= 15 is 0 Å². The van der Waals surface area contributed by atoms with E-state index in [2.05, 4.69) is 21.5 Å². The Bertz CT molecular complexity index is 548. The van der Waals surface area contributed by atoms with Crippen molar-refractivity contribution >= 4 is 34.6 Å². The van der Waals surface area contributed by atoms with E-state index in [1.165, 1.54) is 12.1 Å². The predicted octanol–water partition coefficient (Wildman–Crippen LogP) is 1.69. The third-order valence-corrected chi connectivity index (χ3v) is 2.94. The first-order valence-corrected chi connectivity index (χ1v) is 7.63. The molecule has 0 aromatic heterocycles. The highest BCUT2D eigenvalue weighted by Crippen LogP contribution is 2.15. The summed E-state index contributed by atoms with van der Waals surface area (Å²) in [5.74, 6) is -0.164. The van der Waals surface area contributed by atoms with E-state index in [1.807, 2.05) is 13.8 Å². The first kappa shape index (κ1) is 18.6. The van der Waals surface area contributed by atoms with E-state index in [9.17, 15) is 14.9 Å². The number of nitro benzene ring substituents is 1. The minimum atomic E-state index is -0.445. The molecule has 0 aliphatic heterocycles. The average Bonchev–Trinajstić information content (AvgIpc) is 2.49. The Balaban J connectivity index is 2.17. The zero-order valence-corrected chi connectivity index (χ0v) is 13.9. The van der Waals surface area contributed by atoms with Crippen LogP contribution in [0.5, 0.6) is 0 Å². The van der Waals surface area contributed by atoms with Crippen molar-refractivity contribution in [1.29, 1.82) is 0 Å². The molecule has 0 bridgehead atoms. The lowest BCUT2D eigenvalue weighted by atomic mass is 10.2. The number of hydrogen-bond donors (Lipinski definition) is 4. The third kappa shape index (κ3) is 7.96. The lowest BCUT2D eigenvalue weighted by Crippen LogP contribution is -2.48. The average molecular weight is 339 g/mol. The first-order chi connectivity index (χ1) is 10.9. The normalized spacial score (nSPS) is 10.0. The van der Waals surface area contributed by atoms with Crippen LogP contribution in [0.3, 0.4) is 0 Å². The summed E-state index contributed by atoms with van der Waals surface area (Å²) in [7, 11) is 0. The van der Waals surface area contributed by atoms with Gasteiger partial charge in [-0.25, -0.2) is 0 Å². The Morgan fingerprint density at radius 2 is 1.91 bits per heavy atom. The quantitative estimate of drug-likeness (QED) is 0.259. The molecule has 1 rings (SSSR count). The largest absolute Gasteiger partial charge is 0.385 e. The van der Waals surface area contributed by atoms with E-state index in [0.29, 0.717) is 24.5 Å². The van der Waals surface area contributed by atoms with Crippen LogP contribution in [0.2, 0.25) is 0 Å². The van der Waals surface area contributed by atoms with E-state index in [-0.39, 0.29) is 17.6 Å². The van der Waals surface area contributed by atoms with Crippen LogP contribution in [0, 0.1) is 10.1 Å². The van der Waals surface area contributed by atoms with Crippen molar-refractivity contribution in [2.24, 2.45) is 0 Å². The molecule has 126 valence electrons. The van der Waals surface area contributed by atoms with Gasteiger partial charge in [-0.1, -0.05) is 0 Å². The standard InChI is InChI=1S/C14H21N5O3S/c1-10(2)16-14(23)18-17-13(20)4-3-9-15-11-5-7-12(8-6-11)19(21)22/h5-8,10,15H,3-4,9H2,1-2H3,(H,17,20)(H2,16,18,23). The number of amides is 1. The van der Waals surface area contributed by atoms with Crippen LogP contribution < -0.4 is 21.5 Å². The molecule has 1 amide bonds. The van der Waals surface area contributed by atoms with Crippen LogP contribution in [0.15, 0.2) is 24.3 Å². The summed E-state index contributed by atoms with van der Waals surface area (Å²) in [5.41, 5.74) is 5.96. The molecule has 9 heteroatoms. The van der Waals surface area contributed by atoms with Gasteiger partial charge < -0.3 is 10.6 Å². The number of thiocarbonyl (C=S) groups is 1. The minimum Gasteiger partial charge on any atom is -0.385 e. The number of nitrogens with zero attached hydrogens (tertiary/aromatic N) is 1. The summed E-state index contributed by atoms with van der Waals surface area (Å²) in [6.07, 6.45) is 0.951. The topological polar surface area (TPSA) is 108 Å². The highest BCUT2D eigenvalue weighted by atomic mass is 32.1. The van der Waals surface area contributed by atoms with Crippen LogP contribution in [-0.4, -0.2) is 28.5 Å². The molecule has 1 aromatic carbocycles. The Hall–Kier alpha value is -2.42. The maximum absolute atomic E-state index is 11.6. The van der Waals surface area contributed by atoms with Gasteiger partial charge in [-0.15, -0.1) is 0 Å². The highest BCUT2D eigenvalue weighted by Gasteiger charge is 2.05. The van der Waals surface area contributed by atoms with Gasteiger partial charge in [-0.05, 0) is 44.6 Å². The number of anilines is 1. The predicted molar refractivity (Wildman–Crippen MR) is 93.0 cm³/mol. The smallest absolute Gasteiger partial charge is 0.269 e. The van der Waals surface area contributed by atoms with Crippen molar-refractivity contribution in [3.63, 3.8) is 0 Å². The molecule has 0 radical (unpaired) electrons. The molecule has 4 N–H and O–H groups in total. The van der Waals surface area contributed by atoms with E-state index in [1.54, 1.807) is 12.1 Å². The monoisotopic (exact) mass is 339 g/mol. The second-order valence-corrected chi connectivity index (χ2v) is 5.54. The van der Waals surface area contributed by atoms with E-state index in [0.717, 1.165) is 5.69 Å². The van der Waals surface area contributed by atoms with Crippen molar-refractivity contribution in [2.75, 3.05) is 11.9 Å². The summed E-state index contributed by atoms with van der Waals surface area (Å²) in [6.45, 7) is 4.47. The Kier molecular flexibility index (Phi) is 7.75. The van der Waals surface area contributed by atoms with Gasteiger partial charge in [-0.2, -0.15) is 0 Å². The number of carbonyl (C=O) groups excluding carboxylic acids is 1. The number of benzene rings is 1. The molecule has 0 atom stereocenters. The van der Waals surface area contributed by atoms with Crippen molar-refractivity contribution in [3.05, 3.63) is 34.4 Å². The molecule has 0 spiro atoms. The zero-order chi connectivity index (χ0) is 17.2. The molecule has 0 aliphatic carbocycles.